The molecule has 4 nitrogen and oxygen atoms in total. The highest BCUT2D eigenvalue weighted by molar-refractivity contribution is 7.20. The summed E-state index contributed by atoms with van der Waals surface area (Å²) in [5.41, 5.74) is 0.761. The molecule has 0 aliphatic rings. The van der Waals surface area contributed by atoms with Crippen LogP contribution in [-0.2, 0) is 6.54 Å². The van der Waals surface area contributed by atoms with Crippen molar-refractivity contribution < 1.29 is 23.0 Å². The van der Waals surface area contributed by atoms with Crippen molar-refractivity contribution in [1.82, 2.24) is 4.90 Å². The molecule has 0 spiro atoms. The number of thiophene rings is 1. The Balaban J connectivity index is 1.77. The Kier molecular flexibility index (Phi) is 5.91. The predicted molar refractivity (Wildman–Crippen MR) is 102 cm³/mol. The van der Waals surface area contributed by atoms with Gasteiger partial charge in [0.1, 0.15) is 0 Å². The molecule has 0 aliphatic heterocycles. The molecule has 1 amide bonds. The largest absolute Gasteiger partial charge is 0.490 e. The van der Waals surface area contributed by atoms with Gasteiger partial charge in [-0.25, -0.2) is 0 Å². The van der Waals surface area contributed by atoms with E-state index >= 15 is 0 Å². The van der Waals surface area contributed by atoms with E-state index in [9.17, 15) is 13.6 Å². The lowest BCUT2D eigenvalue weighted by atomic mass is 10.2. The third-order valence-electron chi connectivity index (χ3n) is 3.93. The molecular weight excluding hydrogens is 372 g/mol. The van der Waals surface area contributed by atoms with Gasteiger partial charge in [-0.05, 0) is 42.1 Å². The fourth-order valence-corrected chi connectivity index (χ4v) is 3.79. The highest BCUT2D eigenvalue weighted by atomic mass is 32.1. The first-order chi connectivity index (χ1) is 13.0. The normalized spacial score (nSPS) is 11.0. The van der Waals surface area contributed by atoms with Crippen LogP contribution in [0.5, 0.6) is 11.5 Å². The van der Waals surface area contributed by atoms with Crippen molar-refractivity contribution in [2.24, 2.45) is 0 Å². The Labute approximate surface area is 159 Å². The Morgan fingerprint density at radius 2 is 1.93 bits per heavy atom. The fourth-order valence-electron chi connectivity index (χ4n) is 2.73. The summed E-state index contributed by atoms with van der Waals surface area (Å²) in [6, 6.07) is 14.4. The monoisotopic (exact) mass is 391 g/mol. The van der Waals surface area contributed by atoms with Gasteiger partial charge < -0.3 is 14.4 Å². The molecule has 0 unspecified atom stereocenters. The van der Waals surface area contributed by atoms with Crippen LogP contribution < -0.4 is 9.47 Å². The van der Waals surface area contributed by atoms with E-state index in [4.69, 9.17) is 4.74 Å². The summed E-state index contributed by atoms with van der Waals surface area (Å²) in [6.07, 6.45) is 0. The van der Waals surface area contributed by atoms with Gasteiger partial charge in [0.2, 0.25) is 0 Å². The van der Waals surface area contributed by atoms with Gasteiger partial charge >= 0.3 is 6.61 Å². The van der Waals surface area contributed by atoms with E-state index in [2.05, 4.69) is 4.74 Å². The quantitative estimate of drug-likeness (QED) is 0.557. The van der Waals surface area contributed by atoms with Crippen molar-refractivity contribution in [3.05, 3.63) is 59.0 Å². The summed E-state index contributed by atoms with van der Waals surface area (Å²) in [5.74, 6) is 0.120. The van der Waals surface area contributed by atoms with E-state index in [1.54, 1.807) is 31.0 Å². The van der Waals surface area contributed by atoms with E-state index in [0.29, 0.717) is 18.0 Å². The van der Waals surface area contributed by atoms with E-state index in [0.717, 1.165) is 15.6 Å². The Morgan fingerprint density at radius 3 is 2.63 bits per heavy atom. The molecule has 3 rings (SSSR count). The molecule has 0 N–H and O–H groups in total. The SMILES string of the molecule is CCOc1cc(CN(C)C(=O)c2cc3ccccc3s2)ccc1OC(F)F. The predicted octanol–water partition coefficient (Wildman–Crippen LogP) is 5.17. The van der Waals surface area contributed by atoms with Crippen LogP contribution in [0.4, 0.5) is 8.78 Å². The molecule has 2 aromatic carbocycles. The second-order valence-corrected chi connectivity index (χ2v) is 6.99. The van der Waals surface area contributed by atoms with Gasteiger partial charge in [-0.3, -0.25) is 4.79 Å². The average Bonchev–Trinajstić information content (AvgIpc) is 3.07. The molecule has 1 aromatic heterocycles. The molecule has 0 radical (unpaired) electrons. The van der Waals surface area contributed by atoms with Gasteiger partial charge in [0.15, 0.2) is 11.5 Å². The summed E-state index contributed by atoms with van der Waals surface area (Å²) in [5, 5.41) is 1.03. The van der Waals surface area contributed by atoms with E-state index in [1.807, 2.05) is 30.3 Å². The number of benzene rings is 2. The van der Waals surface area contributed by atoms with E-state index < -0.39 is 6.61 Å². The fraction of sp³-hybridized carbons (Fsp3) is 0.250. The molecule has 0 aliphatic carbocycles. The first kappa shape index (κ1) is 19.1. The molecule has 27 heavy (non-hydrogen) atoms. The highest BCUT2D eigenvalue weighted by Crippen LogP contribution is 2.31. The van der Waals surface area contributed by atoms with Gasteiger partial charge in [-0.15, -0.1) is 11.3 Å². The molecule has 1 heterocycles. The average molecular weight is 391 g/mol. The minimum atomic E-state index is -2.92. The Bertz CT molecular complexity index is 909. The lowest BCUT2D eigenvalue weighted by molar-refractivity contribution is -0.0514. The molecule has 0 atom stereocenters. The number of hydrogen-bond donors (Lipinski definition) is 0. The smallest absolute Gasteiger partial charge is 0.387 e. The molecule has 142 valence electrons. The van der Waals surface area contributed by atoms with E-state index in [-0.39, 0.29) is 17.4 Å². The van der Waals surface area contributed by atoms with Crippen molar-refractivity contribution in [2.75, 3.05) is 13.7 Å². The summed E-state index contributed by atoms with van der Waals surface area (Å²) >= 11 is 1.45. The van der Waals surface area contributed by atoms with Crippen molar-refractivity contribution in [2.45, 2.75) is 20.1 Å². The number of carbonyl (C=O) groups is 1. The third kappa shape index (κ3) is 4.54. The molecule has 0 saturated carbocycles. The van der Waals surface area contributed by atoms with Gasteiger partial charge in [0.05, 0.1) is 11.5 Å². The topological polar surface area (TPSA) is 38.8 Å². The maximum Gasteiger partial charge on any atom is 0.387 e. The molecule has 0 fully saturated rings. The molecule has 0 saturated heterocycles. The molecule has 3 aromatic rings. The van der Waals surface area contributed by atoms with Gasteiger partial charge in [0, 0.05) is 18.3 Å². The second kappa shape index (κ2) is 8.35. The van der Waals surface area contributed by atoms with Crippen LogP contribution in [0.25, 0.3) is 10.1 Å². The van der Waals surface area contributed by atoms with Crippen LogP contribution in [-0.4, -0.2) is 31.1 Å². The van der Waals surface area contributed by atoms with Gasteiger partial charge in [-0.2, -0.15) is 8.78 Å². The first-order valence-electron chi connectivity index (χ1n) is 8.42. The zero-order valence-electron chi connectivity index (χ0n) is 14.9. The van der Waals surface area contributed by atoms with Gasteiger partial charge in [-0.1, -0.05) is 24.3 Å². The minimum absolute atomic E-state index is 0.0194. The number of amides is 1. The summed E-state index contributed by atoms with van der Waals surface area (Å²) in [7, 11) is 1.70. The van der Waals surface area contributed by atoms with Crippen LogP contribution in [0.3, 0.4) is 0 Å². The number of hydrogen-bond acceptors (Lipinski definition) is 4. The van der Waals surface area contributed by atoms with Crippen molar-refractivity contribution in [3.8, 4) is 11.5 Å². The Morgan fingerprint density at radius 1 is 1.15 bits per heavy atom. The zero-order valence-corrected chi connectivity index (χ0v) is 15.8. The molecule has 0 bridgehead atoms. The van der Waals surface area contributed by atoms with Crippen LogP contribution in [0.1, 0.15) is 22.2 Å². The maximum absolute atomic E-state index is 12.7. The summed E-state index contributed by atoms with van der Waals surface area (Å²) < 4.78 is 35.9. The van der Waals surface area contributed by atoms with Gasteiger partial charge in [0.25, 0.3) is 5.91 Å². The number of ether oxygens (including phenoxy) is 2. The highest BCUT2D eigenvalue weighted by Gasteiger charge is 2.17. The van der Waals surface area contributed by atoms with Crippen molar-refractivity contribution in [1.29, 1.82) is 0 Å². The summed E-state index contributed by atoms with van der Waals surface area (Å²) in [6.45, 7) is -0.523. The lowest BCUT2D eigenvalue weighted by Gasteiger charge is -2.18. The van der Waals surface area contributed by atoms with Crippen LogP contribution in [0.15, 0.2) is 48.5 Å². The molecular formula is C20H19F2NO3S. The first-order valence-corrected chi connectivity index (χ1v) is 9.24. The lowest BCUT2D eigenvalue weighted by Crippen LogP contribution is -2.25. The minimum Gasteiger partial charge on any atom is -0.490 e. The van der Waals surface area contributed by atoms with Crippen LogP contribution >= 0.6 is 11.3 Å². The number of fused-ring (bicyclic) bond motifs is 1. The number of halogens is 2. The summed E-state index contributed by atoms with van der Waals surface area (Å²) in [4.78, 5) is 15.0. The number of nitrogens with zero attached hydrogens (tertiary/aromatic N) is 1. The Hall–Kier alpha value is -2.67. The molecule has 7 heteroatoms. The second-order valence-electron chi connectivity index (χ2n) is 5.90. The van der Waals surface area contributed by atoms with Crippen LogP contribution in [0, 0.1) is 0 Å². The van der Waals surface area contributed by atoms with Crippen LogP contribution in [0.2, 0.25) is 0 Å². The van der Waals surface area contributed by atoms with Crippen molar-refractivity contribution >= 4 is 27.3 Å². The number of alkyl halides is 2. The van der Waals surface area contributed by atoms with E-state index in [1.165, 1.54) is 17.4 Å². The standard InChI is InChI=1S/C20H19F2NO3S/c1-3-25-16-10-13(8-9-15(16)26-20(21)22)12-23(2)19(24)18-11-14-6-4-5-7-17(14)27-18/h4-11,20H,3,12H2,1-2H3. The number of carbonyl (C=O) groups excluding carboxylic acids is 1. The third-order valence-corrected chi connectivity index (χ3v) is 5.03. The maximum atomic E-state index is 12.7. The van der Waals surface area contributed by atoms with Crippen molar-refractivity contribution in [3.63, 3.8) is 0 Å². The number of rotatable bonds is 7. The zero-order chi connectivity index (χ0) is 19.4.